The second-order valence-electron chi connectivity index (χ2n) is 9.16. The molecule has 1 fully saturated rings. The van der Waals surface area contributed by atoms with Crippen molar-refractivity contribution in [1.82, 2.24) is 24.6 Å². The third-order valence-corrected chi connectivity index (χ3v) is 6.93. The Morgan fingerprint density at radius 3 is 2.77 bits per heavy atom. The summed E-state index contributed by atoms with van der Waals surface area (Å²) in [7, 11) is 1.40. The summed E-state index contributed by atoms with van der Waals surface area (Å²) in [5, 5.41) is 18.0. The zero-order valence-corrected chi connectivity index (χ0v) is 20.4. The zero-order chi connectivity index (χ0) is 25.3. The molecule has 0 spiro atoms. The van der Waals surface area contributed by atoms with Crippen LogP contribution in [0.3, 0.4) is 0 Å². The summed E-state index contributed by atoms with van der Waals surface area (Å²) in [6.07, 6.45) is 7.06. The van der Waals surface area contributed by atoms with Crippen molar-refractivity contribution in [3.05, 3.63) is 52.2 Å². The summed E-state index contributed by atoms with van der Waals surface area (Å²) in [6, 6.07) is 3.90. The number of hydrogen-bond acceptors (Lipinski definition) is 7. The van der Waals surface area contributed by atoms with E-state index in [1.54, 1.807) is 13.1 Å². The molecule has 3 aromatic heterocycles. The van der Waals surface area contributed by atoms with Crippen molar-refractivity contribution < 1.29 is 19.4 Å². The fraction of sp³-hybridized carbons (Fsp3) is 0.480. The second-order valence-corrected chi connectivity index (χ2v) is 9.16. The van der Waals surface area contributed by atoms with Gasteiger partial charge in [0.25, 0.3) is 11.3 Å². The predicted octanol–water partition coefficient (Wildman–Crippen LogP) is 2.36. The minimum absolute atomic E-state index is 0.113. The minimum Gasteiger partial charge on any atom is -0.503 e. The van der Waals surface area contributed by atoms with E-state index in [1.165, 1.54) is 17.9 Å². The number of aromatic nitrogens is 4. The molecule has 4 rings (SSSR count). The number of pyridine rings is 1. The highest BCUT2D eigenvalue weighted by molar-refractivity contribution is 5.92. The molecule has 3 heterocycles. The number of ether oxygens (including phenoxy) is 1. The van der Waals surface area contributed by atoms with Crippen LogP contribution in [0.5, 0.6) is 5.75 Å². The van der Waals surface area contributed by atoms with Gasteiger partial charge < -0.3 is 19.7 Å². The van der Waals surface area contributed by atoms with Crippen LogP contribution in [0.25, 0.3) is 11.0 Å². The Balaban J connectivity index is 1.81. The van der Waals surface area contributed by atoms with E-state index in [-0.39, 0.29) is 30.0 Å². The lowest BCUT2D eigenvalue weighted by atomic mass is 9.88. The summed E-state index contributed by atoms with van der Waals surface area (Å²) in [5.74, 6) is -1.45. The van der Waals surface area contributed by atoms with Crippen LogP contribution < -0.4 is 10.7 Å². The molecule has 2 N–H and O–H groups in total. The Bertz CT molecular complexity index is 1330. The van der Waals surface area contributed by atoms with E-state index < -0.39 is 22.6 Å². The predicted molar refractivity (Wildman–Crippen MR) is 129 cm³/mol. The van der Waals surface area contributed by atoms with E-state index >= 15 is 0 Å². The molecule has 35 heavy (non-hydrogen) atoms. The van der Waals surface area contributed by atoms with Crippen LogP contribution in [0.15, 0.2) is 35.5 Å². The molecule has 3 atom stereocenters. The van der Waals surface area contributed by atoms with E-state index in [2.05, 4.69) is 20.0 Å². The van der Waals surface area contributed by atoms with E-state index in [1.807, 2.05) is 32.2 Å². The number of rotatable bonds is 9. The van der Waals surface area contributed by atoms with Crippen LogP contribution >= 0.6 is 0 Å². The molecule has 1 amide bonds. The molecule has 0 aromatic carbocycles. The average Bonchev–Trinajstić information content (AvgIpc) is 3.54. The first kappa shape index (κ1) is 24.4. The fourth-order valence-corrected chi connectivity index (χ4v) is 4.92. The van der Waals surface area contributed by atoms with Crippen molar-refractivity contribution in [3.63, 3.8) is 0 Å². The molecule has 10 nitrogen and oxygen atoms in total. The number of carbonyl (C=O) groups excluding carboxylic acids is 2. The van der Waals surface area contributed by atoms with Gasteiger partial charge in [0, 0.05) is 24.8 Å². The van der Waals surface area contributed by atoms with E-state index in [9.17, 15) is 19.5 Å². The van der Waals surface area contributed by atoms with E-state index in [0.717, 1.165) is 23.0 Å². The first-order valence-electron chi connectivity index (χ1n) is 11.9. The molecule has 1 saturated carbocycles. The third-order valence-electron chi connectivity index (χ3n) is 6.93. The van der Waals surface area contributed by atoms with Crippen LogP contribution in [-0.4, -0.2) is 50.0 Å². The standard InChI is InChI=1S/C25H31N5O5/c1-5-25(11-16-10-18(16)24(34)35-6-2,30-12-15(3)17-8-7-9-27-22(17)30)14-29-13-19(31)21(32)20(28-29)23(33)26-4/h7-9,12-13,16,18,31H,5-6,10-11,14H2,1-4H3,(H,26,33)/t16-,18?,25?/m1/s1. The Kier molecular flexibility index (Phi) is 6.64. The minimum atomic E-state index is -0.823. The molecular formula is C25H31N5O5. The zero-order valence-electron chi connectivity index (χ0n) is 20.4. The van der Waals surface area contributed by atoms with E-state index in [4.69, 9.17) is 4.74 Å². The third kappa shape index (κ3) is 4.52. The van der Waals surface area contributed by atoms with Gasteiger partial charge in [-0.3, -0.25) is 19.1 Å². The molecule has 2 unspecified atom stereocenters. The number of nitrogens with zero attached hydrogens (tertiary/aromatic N) is 4. The van der Waals surface area contributed by atoms with Gasteiger partial charge >= 0.3 is 5.97 Å². The summed E-state index contributed by atoms with van der Waals surface area (Å²) in [6.45, 7) is 6.47. The maximum Gasteiger partial charge on any atom is 0.309 e. The summed E-state index contributed by atoms with van der Waals surface area (Å²) >= 11 is 0. The molecule has 10 heteroatoms. The number of aromatic hydroxyl groups is 1. The highest BCUT2D eigenvalue weighted by Gasteiger charge is 2.49. The highest BCUT2D eigenvalue weighted by Crippen LogP contribution is 2.48. The fourth-order valence-electron chi connectivity index (χ4n) is 4.92. The number of amides is 1. The van der Waals surface area contributed by atoms with Crippen molar-refractivity contribution in [2.75, 3.05) is 13.7 Å². The molecule has 3 aromatic rings. The summed E-state index contributed by atoms with van der Waals surface area (Å²) in [5.41, 5.74) is 0.0694. The van der Waals surface area contributed by atoms with Gasteiger partial charge in [-0.1, -0.05) is 6.92 Å². The van der Waals surface area contributed by atoms with Gasteiger partial charge in [0.15, 0.2) is 11.4 Å². The van der Waals surface area contributed by atoms with Crippen LogP contribution in [-0.2, 0) is 21.6 Å². The van der Waals surface area contributed by atoms with Crippen molar-refractivity contribution in [3.8, 4) is 5.75 Å². The van der Waals surface area contributed by atoms with Crippen molar-refractivity contribution in [2.45, 2.75) is 52.1 Å². The van der Waals surface area contributed by atoms with Gasteiger partial charge in [-0.2, -0.15) is 5.10 Å². The van der Waals surface area contributed by atoms with Gasteiger partial charge in [-0.15, -0.1) is 0 Å². The van der Waals surface area contributed by atoms with E-state index in [0.29, 0.717) is 19.4 Å². The second kappa shape index (κ2) is 9.52. The number of aryl methyl sites for hydroxylation is 1. The number of fused-ring (bicyclic) bond motifs is 1. The molecule has 1 aliphatic carbocycles. The monoisotopic (exact) mass is 481 g/mol. The number of hydrogen-bond donors (Lipinski definition) is 2. The van der Waals surface area contributed by atoms with Crippen molar-refractivity contribution in [1.29, 1.82) is 0 Å². The molecular weight excluding hydrogens is 450 g/mol. The quantitative estimate of drug-likeness (QED) is 0.449. The lowest BCUT2D eigenvalue weighted by molar-refractivity contribution is -0.145. The van der Waals surface area contributed by atoms with Gasteiger partial charge in [0.05, 0.1) is 30.8 Å². The summed E-state index contributed by atoms with van der Waals surface area (Å²) in [4.78, 5) is 41.5. The molecule has 0 radical (unpaired) electrons. The Labute approximate surface area is 202 Å². The smallest absolute Gasteiger partial charge is 0.309 e. The van der Waals surface area contributed by atoms with Gasteiger partial charge in [-0.05, 0) is 56.7 Å². The van der Waals surface area contributed by atoms with Crippen LogP contribution in [0.1, 0.15) is 49.2 Å². The number of carbonyl (C=O) groups is 2. The van der Waals surface area contributed by atoms with Crippen molar-refractivity contribution in [2.24, 2.45) is 11.8 Å². The number of nitrogens with one attached hydrogen (secondary N) is 1. The Morgan fingerprint density at radius 1 is 1.31 bits per heavy atom. The maximum atomic E-state index is 12.4. The Morgan fingerprint density at radius 2 is 2.09 bits per heavy atom. The van der Waals surface area contributed by atoms with Crippen LogP contribution in [0, 0.1) is 18.8 Å². The molecule has 1 aliphatic rings. The number of esters is 1. The molecule has 0 saturated heterocycles. The van der Waals surface area contributed by atoms with Gasteiger partial charge in [0.2, 0.25) is 0 Å². The van der Waals surface area contributed by atoms with Crippen LogP contribution in [0.2, 0.25) is 0 Å². The Hall–Kier alpha value is -3.69. The molecule has 186 valence electrons. The topological polar surface area (TPSA) is 128 Å². The summed E-state index contributed by atoms with van der Waals surface area (Å²) < 4.78 is 8.80. The maximum absolute atomic E-state index is 12.4. The average molecular weight is 482 g/mol. The van der Waals surface area contributed by atoms with Gasteiger partial charge in [0.1, 0.15) is 5.65 Å². The first-order valence-corrected chi connectivity index (χ1v) is 11.9. The normalized spacial score (nSPS) is 18.7. The SMILES string of the molecule is CCOC(=O)C1C[C@@H]1CC(CC)(Cn1cc(O)c(=O)c(C(=O)NC)n1)n1cc(C)c2cccnc21. The van der Waals surface area contributed by atoms with Gasteiger partial charge in [-0.25, -0.2) is 4.98 Å². The molecule has 0 bridgehead atoms. The largest absolute Gasteiger partial charge is 0.503 e. The van der Waals surface area contributed by atoms with Crippen molar-refractivity contribution >= 4 is 22.9 Å². The lowest BCUT2D eigenvalue weighted by Gasteiger charge is -2.36. The molecule has 0 aliphatic heterocycles. The van der Waals surface area contributed by atoms with Crippen LogP contribution in [0.4, 0.5) is 0 Å². The highest BCUT2D eigenvalue weighted by atomic mass is 16.5. The first-order chi connectivity index (χ1) is 16.7. The lowest BCUT2D eigenvalue weighted by Crippen LogP contribution is -2.40.